The number of hydrogen-bond acceptors (Lipinski definition) is 4. The van der Waals surface area contributed by atoms with Crippen LogP contribution in [0.4, 0.5) is 29.5 Å². The number of hydrogen-bond donors (Lipinski definition) is 3. The van der Waals surface area contributed by atoms with Crippen LogP contribution in [0.3, 0.4) is 0 Å². The fraction of sp³-hybridized carbons (Fsp3) is 0.261. The fourth-order valence-electron chi connectivity index (χ4n) is 3.37. The number of fused-ring (bicyclic) bond motifs is 1. The molecule has 2 amide bonds. The fourth-order valence-corrected chi connectivity index (χ4v) is 3.37. The molecule has 0 saturated heterocycles. The van der Waals surface area contributed by atoms with Gasteiger partial charge in [0.15, 0.2) is 0 Å². The van der Waals surface area contributed by atoms with Crippen LogP contribution in [0.2, 0.25) is 0 Å². The van der Waals surface area contributed by atoms with Crippen LogP contribution in [0.5, 0.6) is 0 Å². The first-order chi connectivity index (χ1) is 15.2. The number of nitriles is 1. The van der Waals surface area contributed by atoms with E-state index in [1.165, 1.54) is 18.2 Å². The third-order valence-electron chi connectivity index (χ3n) is 4.79. The summed E-state index contributed by atoms with van der Waals surface area (Å²) in [6.45, 7) is 4.57. The minimum atomic E-state index is -4.56. The standard InChI is InChI=1S/C23H22F3N5O/c1-14-10-15(2)20-16(11-14)12-17(13-27)21(31-20)28-8-5-9-29-22(32)30-19-7-4-3-6-18(19)23(24,25)26/h3-4,6-7,10-12H,5,8-9H2,1-2H3,(H,28,31)(H2,29,30,32). The minimum Gasteiger partial charge on any atom is -0.369 e. The third-order valence-corrected chi connectivity index (χ3v) is 4.79. The summed E-state index contributed by atoms with van der Waals surface area (Å²) in [7, 11) is 0. The molecular weight excluding hydrogens is 419 g/mol. The van der Waals surface area contributed by atoms with E-state index in [9.17, 15) is 23.2 Å². The van der Waals surface area contributed by atoms with Crippen LogP contribution in [0, 0.1) is 25.2 Å². The van der Waals surface area contributed by atoms with Crippen molar-refractivity contribution in [2.24, 2.45) is 0 Å². The molecule has 0 fully saturated rings. The molecule has 6 nitrogen and oxygen atoms in total. The smallest absolute Gasteiger partial charge is 0.369 e. The number of carbonyl (C=O) groups excluding carboxylic acids is 1. The molecule has 0 bridgehead atoms. The van der Waals surface area contributed by atoms with Crippen molar-refractivity contribution < 1.29 is 18.0 Å². The van der Waals surface area contributed by atoms with Gasteiger partial charge in [-0.1, -0.05) is 23.8 Å². The number of aromatic nitrogens is 1. The molecular formula is C23H22F3N5O. The zero-order valence-corrected chi connectivity index (χ0v) is 17.6. The van der Waals surface area contributed by atoms with Gasteiger partial charge in [-0.3, -0.25) is 0 Å². The average molecular weight is 441 g/mol. The zero-order valence-electron chi connectivity index (χ0n) is 17.6. The second-order valence-electron chi connectivity index (χ2n) is 7.35. The second kappa shape index (κ2) is 9.56. The van der Waals surface area contributed by atoms with Crippen molar-refractivity contribution in [3.63, 3.8) is 0 Å². The first-order valence-electron chi connectivity index (χ1n) is 9.96. The van der Waals surface area contributed by atoms with E-state index in [-0.39, 0.29) is 12.2 Å². The normalized spacial score (nSPS) is 11.1. The Balaban J connectivity index is 1.55. The predicted molar refractivity (Wildman–Crippen MR) is 118 cm³/mol. The number of rotatable bonds is 6. The summed E-state index contributed by atoms with van der Waals surface area (Å²) in [4.78, 5) is 16.5. The molecule has 0 atom stereocenters. The Morgan fingerprint density at radius 2 is 1.88 bits per heavy atom. The van der Waals surface area contributed by atoms with Crippen LogP contribution >= 0.6 is 0 Å². The third kappa shape index (κ3) is 5.46. The van der Waals surface area contributed by atoms with Gasteiger partial charge in [-0.05, 0) is 50.1 Å². The number of benzene rings is 2. The molecule has 1 aromatic heterocycles. The number of nitrogens with one attached hydrogen (secondary N) is 3. The quantitative estimate of drug-likeness (QED) is 0.449. The lowest BCUT2D eigenvalue weighted by molar-refractivity contribution is -0.136. The van der Waals surface area contributed by atoms with Crippen molar-refractivity contribution in [3.8, 4) is 6.07 Å². The van der Waals surface area contributed by atoms with E-state index in [1.807, 2.05) is 26.0 Å². The number of carbonyl (C=O) groups is 1. The highest BCUT2D eigenvalue weighted by atomic mass is 19.4. The summed E-state index contributed by atoms with van der Waals surface area (Å²) in [5, 5.41) is 18.2. The van der Waals surface area contributed by atoms with E-state index in [2.05, 4.69) is 27.0 Å². The Labute approximate surface area is 183 Å². The highest BCUT2D eigenvalue weighted by molar-refractivity contribution is 5.90. The van der Waals surface area contributed by atoms with Crippen LogP contribution in [0.15, 0.2) is 42.5 Å². The van der Waals surface area contributed by atoms with Crippen molar-refractivity contribution in [2.45, 2.75) is 26.4 Å². The first-order valence-corrected chi connectivity index (χ1v) is 9.96. The molecule has 0 unspecified atom stereocenters. The van der Waals surface area contributed by atoms with E-state index in [4.69, 9.17) is 0 Å². The lowest BCUT2D eigenvalue weighted by Gasteiger charge is -2.14. The lowest BCUT2D eigenvalue weighted by Crippen LogP contribution is -2.31. The highest BCUT2D eigenvalue weighted by Crippen LogP contribution is 2.34. The van der Waals surface area contributed by atoms with Gasteiger partial charge in [0.1, 0.15) is 11.9 Å². The minimum absolute atomic E-state index is 0.223. The molecule has 0 aliphatic carbocycles. The number of anilines is 2. The van der Waals surface area contributed by atoms with Crippen molar-refractivity contribution in [3.05, 3.63) is 64.7 Å². The molecule has 32 heavy (non-hydrogen) atoms. The average Bonchev–Trinajstić information content (AvgIpc) is 2.72. The molecule has 3 N–H and O–H groups in total. The topological polar surface area (TPSA) is 89.8 Å². The van der Waals surface area contributed by atoms with Gasteiger partial charge < -0.3 is 16.0 Å². The maximum Gasteiger partial charge on any atom is 0.418 e. The van der Waals surface area contributed by atoms with Crippen LogP contribution in [0.25, 0.3) is 10.9 Å². The number of pyridine rings is 1. The Morgan fingerprint density at radius 3 is 2.59 bits per heavy atom. The summed E-state index contributed by atoms with van der Waals surface area (Å²) in [6, 6.07) is 12.0. The molecule has 3 rings (SSSR count). The van der Waals surface area contributed by atoms with Crippen molar-refractivity contribution in [1.82, 2.24) is 10.3 Å². The number of urea groups is 1. The zero-order chi connectivity index (χ0) is 23.3. The Hall–Kier alpha value is -3.80. The van der Waals surface area contributed by atoms with Gasteiger partial charge in [0, 0.05) is 18.5 Å². The Kier molecular flexibility index (Phi) is 6.83. The SMILES string of the molecule is Cc1cc(C)c2nc(NCCCNC(=O)Nc3ccccc3C(F)(F)F)c(C#N)cc2c1. The molecule has 1 heterocycles. The molecule has 0 saturated carbocycles. The van der Waals surface area contributed by atoms with Gasteiger partial charge in [0.25, 0.3) is 0 Å². The molecule has 166 valence electrons. The van der Waals surface area contributed by atoms with E-state index < -0.39 is 17.8 Å². The van der Waals surface area contributed by atoms with E-state index >= 15 is 0 Å². The van der Waals surface area contributed by atoms with Gasteiger partial charge in [0.2, 0.25) is 0 Å². The van der Waals surface area contributed by atoms with Crippen molar-refractivity contribution in [2.75, 3.05) is 23.7 Å². The summed E-state index contributed by atoms with van der Waals surface area (Å²) >= 11 is 0. The van der Waals surface area contributed by atoms with Gasteiger partial charge in [-0.25, -0.2) is 9.78 Å². The molecule has 2 aromatic carbocycles. The van der Waals surface area contributed by atoms with E-state index in [0.29, 0.717) is 24.3 Å². The Morgan fingerprint density at radius 1 is 1.12 bits per heavy atom. The van der Waals surface area contributed by atoms with Gasteiger partial charge in [-0.2, -0.15) is 18.4 Å². The number of halogens is 3. The van der Waals surface area contributed by atoms with E-state index in [0.717, 1.165) is 28.1 Å². The van der Waals surface area contributed by atoms with Gasteiger partial charge in [0.05, 0.1) is 22.3 Å². The number of amides is 2. The summed E-state index contributed by atoms with van der Waals surface area (Å²) in [5.74, 6) is 0.454. The van der Waals surface area contributed by atoms with Crippen LogP contribution in [0.1, 0.15) is 28.7 Å². The summed E-state index contributed by atoms with van der Waals surface area (Å²) in [6.07, 6.45) is -4.08. The molecule has 0 aliphatic rings. The van der Waals surface area contributed by atoms with Crippen molar-refractivity contribution >= 4 is 28.4 Å². The van der Waals surface area contributed by atoms with Gasteiger partial charge >= 0.3 is 12.2 Å². The van der Waals surface area contributed by atoms with Crippen LogP contribution in [-0.4, -0.2) is 24.1 Å². The molecule has 0 spiro atoms. The number of alkyl halides is 3. The monoisotopic (exact) mass is 441 g/mol. The van der Waals surface area contributed by atoms with Crippen LogP contribution < -0.4 is 16.0 Å². The lowest BCUT2D eigenvalue weighted by atomic mass is 10.1. The van der Waals surface area contributed by atoms with E-state index in [1.54, 1.807) is 6.07 Å². The molecule has 9 heteroatoms. The Bertz CT molecular complexity index is 1180. The molecule has 3 aromatic rings. The highest BCUT2D eigenvalue weighted by Gasteiger charge is 2.33. The molecule has 0 radical (unpaired) electrons. The summed E-state index contributed by atoms with van der Waals surface area (Å²) < 4.78 is 39.0. The maximum absolute atomic E-state index is 13.0. The summed E-state index contributed by atoms with van der Waals surface area (Å²) in [5.41, 5.74) is 2.09. The second-order valence-corrected chi connectivity index (χ2v) is 7.35. The largest absolute Gasteiger partial charge is 0.418 e. The molecule has 0 aliphatic heterocycles. The number of aryl methyl sites for hydroxylation is 2. The maximum atomic E-state index is 13.0. The first kappa shape index (κ1) is 22.9. The number of para-hydroxylation sites is 1. The van der Waals surface area contributed by atoms with Crippen molar-refractivity contribution in [1.29, 1.82) is 5.26 Å². The number of nitrogens with zero attached hydrogens (tertiary/aromatic N) is 2. The predicted octanol–water partition coefficient (Wildman–Crippen LogP) is 5.37. The van der Waals surface area contributed by atoms with Crippen LogP contribution in [-0.2, 0) is 6.18 Å². The van der Waals surface area contributed by atoms with Gasteiger partial charge in [-0.15, -0.1) is 0 Å².